The molecule has 5 N–H and O–H groups in total. The molecule has 2 aromatic carbocycles. The molecule has 0 radical (unpaired) electrons. The van der Waals surface area contributed by atoms with E-state index in [4.69, 9.17) is 15.2 Å². The standard InChI is InChI=1S/C29H32N4O10S3/c1-15(34)31-20(12-44)27(39)43-23-10-6-4-8-18(23)26(38)42-24-11-7-5-9-19(24)28(40)45-14-22(33-17(3)36)29(41)46-13-21(25(30)37)32-16(2)35/h4-11,20-22,44H,12-14H2,1-3H3,(H2,30,37)(H,31,34)(H,32,35)(H,33,36). The summed E-state index contributed by atoms with van der Waals surface area (Å²) in [5, 5.41) is 5.99. The van der Waals surface area contributed by atoms with E-state index in [1.165, 1.54) is 69.3 Å². The summed E-state index contributed by atoms with van der Waals surface area (Å²) >= 11 is 5.36. The average Bonchev–Trinajstić information content (AvgIpc) is 2.99. The first-order valence-corrected chi connectivity index (χ1v) is 16.0. The molecule has 14 nitrogen and oxygen atoms in total. The second-order valence-corrected chi connectivity index (χ2v) is 11.8. The van der Waals surface area contributed by atoms with E-state index >= 15 is 0 Å². The van der Waals surface area contributed by atoms with Gasteiger partial charge in [0.1, 0.15) is 35.2 Å². The molecule has 17 heteroatoms. The van der Waals surface area contributed by atoms with Gasteiger partial charge in [-0.3, -0.25) is 28.8 Å². The number of hydrogen-bond donors (Lipinski definition) is 5. The Morgan fingerprint density at radius 2 is 1.17 bits per heavy atom. The number of nitrogens with two attached hydrogens (primary N) is 1. The Morgan fingerprint density at radius 1 is 0.696 bits per heavy atom. The van der Waals surface area contributed by atoms with Crippen LogP contribution in [0.15, 0.2) is 48.5 Å². The molecule has 0 aliphatic heterocycles. The van der Waals surface area contributed by atoms with Crippen LogP contribution < -0.4 is 31.2 Å². The number of rotatable bonds is 15. The van der Waals surface area contributed by atoms with Gasteiger partial charge in [-0.2, -0.15) is 12.6 Å². The van der Waals surface area contributed by atoms with E-state index < -0.39 is 63.9 Å². The number of carbonyl (C=O) groups is 8. The molecule has 0 heterocycles. The number of thioether (sulfide) groups is 2. The van der Waals surface area contributed by atoms with Crippen molar-refractivity contribution in [3.8, 4) is 11.5 Å². The fourth-order valence-electron chi connectivity index (χ4n) is 3.56. The second kappa shape index (κ2) is 18.6. The van der Waals surface area contributed by atoms with E-state index in [0.29, 0.717) is 23.5 Å². The van der Waals surface area contributed by atoms with Crippen LogP contribution in [0.3, 0.4) is 0 Å². The zero-order valence-electron chi connectivity index (χ0n) is 24.9. The predicted molar refractivity (Wildman–Crippen MR) is 174 cm³/mol. The maximum Gasteiger partial charge on any atom is 0.347 e. The quantitative estimate of drug-likeness (QED) is 0.0999. The summed E-state index contributed by atoms with van der Waals surface area (Å²) in [5.74, 6) is -4.97. The number of para-hydroxylation sites is 2. The molecule has 2 aromatic rings. The molecule has 246 valence electrons. The Morgan fingerprint density at radius 3 is 1.72 bits per heavy atom. The minimum absolute atomic E-state index is 0.0303. The van der Waals surface area contributed by atoms with Crippen LogP contribution in [0.25, 0.3) is 0 Å². The fraction of sp³-hybridized carbons (Fsp3) is 0.310. The Bertz CT molecular complexity index is 1500. The number of benzene rings is 2. The number of hydrogen-bond acceptors (Lipinski definition) is 13. The van der Waals surface area contributed by atoms with Crippen molar-refractivity contribution in [2.24, 2.45) is 5.73 Å². The van der Waals surface area contributed by atoms with Gasteiger partial charge in [0, 0.05) is 38.0 Å². The molecule has 0 saturated heterocycles. The number of nitrogens with one attached hydrogen (secondary N) is 3. The summed E-state index contributed by atoms with van der Waals surface area (Å²) in [6.07, 6.45) is 0. The summed E-state index contributed by atoms with van der Waals surface area (Å²) < 4.78 is 10.8. The lowest BCUT2D eigenvalue weighted by Crippen LogP contribution is -2.46. The third-order valence-electron chi connectivity index (χ3n) is 5.63. The molecule has 0 fully saturated rings. The largest absolute Gasteiger partial charge is 0.424 e. The van der Waals surface area contributed by atoms with Gasteiger partial charge in [0.15, 0.2) is 0 Å². The monoisotopic (exact) mass is 692 g/mol. The van der Waals surface area contributed by atoms with Crippen LogP contribution in [-0.4, -0.2) is 81.2 Å². The van der Waals surface area contributed by atoms with Crippen LogP contribution in [0.1, 0.15) is 41.5 Å². The highest BCUT2D eigenvalue weighted by Crippen LogP contribution is 2.27. The SMILES string of the molecule is CC(=O)NC(CSC(=O)C(CSC(=O)c1ccccc1OC(=O)c1ccccc1OC(=O)C(CS)NC(C)=O)NC(C)=O)C(N)=O. The summed E-state index contributed by atoms with van der Waals surface area (Å²) in [7, 11) is 0. The van der Waals surface area contributed by atoms with Crippen molar-refractivity contribution in [3.63, 3.8) is 0 Å². The van der Waals surface area contributed by atoms with Gasteiger partial charge >= 0.3 is 11.9 Å². The van der Waals surface area contributed by atoms with E-state index in [1.807, 2.05) is 0 Å². The van der Waals surface area contributed by atoms with Crippen molar-refractivity contribution < 1.29 is 47.8 Å². The molecule has 2 rings (SSSR count). The van der Waals surface area contributed by atoms with Crippen molar-refractivity contribution in [3.05, 3.63) is 59.7 Å². The molecule has 0 aliphatic carbocycles. The van der Waals surface area contributed by atoms with Crippen LogP contribution in [0.5, 0.6) is 11.5 Å². The number of thiol groups is 1. The van der Waals surface area contributed by atoms with Crippen LogP contribution >= 0.6 is 36.2 Å². The topological polar surface area (TPSA) is 217 Å². The van der Waals surface area contributed by atoms with Gasteiger partial charge in [0.25, 0.3) is 0 Å². The number of carbonyl (C=O) groups excluding carboxylic acids is 8. The normalized spacial score (nSPS) is 12.4. The predicted octanol–water partition coefficient (Wildman–Crippen LogP) is 0.874. The maximum absolute atomic E-state index is 13.2. The van der Waals surface area contributed by atoms with Crippen LogP contribution in [0, 0.1) is 0 Å². The Balaban J connectivity index is 2.17. The molecular weight excluding hydrogens is 661 g/mol. The second-order valence-electron chi connectivity index (χ2n) is 9.38. The fourth-order valence-corrected chi connectivity index (χ4v) is 5.71. The van der Waals surface area contributed by atoms with Gasteiger partial charge in [-0.1, -0.05) is 47.8 Å². The lowest BCUT2D eigenvalue weighted by molar-refractivity contribution is -0.138. The van der Waals surface area contributed by atoms with Crippen LogP contribution in [0.4, 0.5) is 0 Å². The molecule has 0 aromatic heterocycles. The minimum atomic E-state index is -1.16. The van der Waals surface area contributed by atoms with Crippen molar-refractivity contribution in [1.29, 1.82) is 0 Å². The first-order valence-electron chi connectivity index (χ1n) is 13.4. The van der Waals surface area contributed by atoms with Gasteiger partial charge in [0.2, 0.25) is 33.9 Å². The minimum Gasteiger partial charge on any atom is -0.424 e. The molecule has 0 bridgehead atoms. The van der Waals surface area contributed by atoms with Crippen molar-refractivity contribution in [2.75, 3.05) is 17.3 Å². The van der Waals surface area contributed by atoms with Crippen molar-refractivity contribution in [2.45, 2.75) is 38.9 Å². The van der Waals surface area contributed by atoms with Crippen LogP contribution in [-0.2, 0) is 28.8 Å². The highest BCUT2D eigenvalue weighted by molar-refractivity contribution is 8.15. The van der Waals surface area contributed by atoms with Gasteiger partial charge in [-0.15, -0.1) is 0 Å². The van der Waals surface area contributed by atoms with E-state index in [1.54, 1.807) is 0 Å². The van der Waals surface area contributed by atoms with Crippen LogP contribution in [0.2, 0.25) is 0 Å². The summed E-state index contributed by atoms with van der Waals surface area (Å²) in [6, 6.07) is 8.16. The summed E-state index contributed by atoms with van der Waals surface area (Å²) in [4.78, 5) is 97.9. The van der Waals surface area contributed by atoms with Gasteiger partial charge < -0.3 is 31.2 Å². The number of amides is 4. The van der Waals surface area contributed by atoms with E-state index in [2.05, 4.69) is 28.6 Å². The molecule has 4 amide bonds. The van der Waals surface area contributed by atoms with Crippen molar-refractivity contribution >= 4 is 82.0 Å². The molecule has 0 saturated carbocycles. The molecular formula is C29H32N4O10S3. The number of esters is 2. The first kappa shape index (κ1) is 37.8. The molecule has 46 heavy (non-hydrogen) atoms. The third-order valence-corrected chi connectivity index (χ3v) is 8.04. The highest BCUT2D eigenvalue weighted by atomic mass is 32.2. The first-order chi connectivity index (χ1) is 21.7. The van der Waals surface area contributed by atoms with E-state index in [0.717, 1.165) is 0 Å². The Labute approximate surface area is 278 Å². The zero-order valence-corrected chi connectivity index (χ0v) is 27.4. The molecule has 3 atom stereocenters. The number of ether oxygens (including phenoxy) is 2. The Kier molecular flexibility index (Phi) is 15.3. The maximum atomic E-state index is 13.2. The number of primary amides is 1. The van der Waals surface area contributed by atoms with Gasteiger partial charge in [-0.05, 0) is 24.3 Å². The molecule has 0 aliphatic rings. The van der Waals surface area contributed by atoms with Crippen molar-refractivity contribution in [1.82, 2.24) is 16.0 Å². The summed E-state index contributed by atoms with van der Waals surface area (Å²) in [6.45, 7) is 3.59. The van der Waals surface area contributed by atoms with Gasteiger partial charge in [-0.25, -0.2) is 9.59 Å². The lowest BCUT2D eigenvalue weighted by atomic mass is 10.2. The molecule has 0 spiro atoms. The summed E-state index contributed by atoms with van der Waals surface area (Å²) in [5.41, 5.74) is 5.09. The molecule has 3 unspecified atom stereocenters. The highest BCUT2D eigenvalue weighted by Gasteiger charge is 2.27. The third kappa shape index (κ3) is 12.2. The van der Waals surface area contributed by atoms with E-state index in [9.17, 15) is 38.4 Å². The van der Waals surface area contributed by atoms with Gasteiger partial charge in [0.05, 0.1) is 5.56 Å². The smallest absolute Gasteiger partial charge is 0.347 e. The zero-order chi connectivity index (χ0) is 34.4. The Hall–Kier alpha value is -4.35. The average molecular weight is 693 g/mol. The van der Waals surface area contributed by atoms with E-state index in [-0.39, 0.29) is 39.9 Å². The lowest BCUT2D eigenvalue weighted by Gasteiger charge is -2.18.